The molecule has 1 aliphatic rings. The Bertz CT molecular complexity index is 826. The zero-order valence-electron chi connectivity index (χ0n) is 13.7. The number of alkyl halides is 7. The Morgan fingerprint density at radius 3 is 2.11 bits per heavy atom. The van der Waals surface area contributed by atoms with Crippen LogP contribution in [0, 0.1) is 0 Å². The van der Waals surface area contributed by atoms with Crippen LogP contribution in [-0.4, -0.2) is 48.4 Å². The van der Waals surface area contributed by atoms with Crippen molar-refractivity contribution >= 4 is 44.6 Å². The van der Waals surface area contributed by atoms with Gasteiger partial charge >= 0.3 is 17.4 Å². The lowest BCUT2D eigenvalue weighted by Crippen LogP contribution is -2.49. The highest BCUT2D eigenvalue weighted by atomic mass is 32.2. The number of sulfone groups is 1. The Kier molecular flexibility index (Phi) is 6.46. The summed E-state index contributed by atoms with van der Waals surface area (Å²) in [5.74, 6) is -6.27. The SMILES string of the molecule is O=S1(=O)CCC(NC(=S)Nc2ccc(SC(F)(F)C(F)(F)C(F)(F)F)cc2)C1. The summed E-state index contributed by atoms with van der Waals surface area (Å²) in [7, 11) is -3.12. The zero-order valence-corrected chi connectivity index (χ0v) is 16.1. The maximum Gasteiger partial charge on any atom is 0.460 e. The van der Waals surface area contributed by atoms with Gasteiger partial charge in [0.1, 0.15) is 0 Å². The van der Waals surface area contributed by atoms with Crippen LogP contribution in [0.3, 0.4) is 0 Å². The monoisotopic (exact) mass is 470 g/mol. The van der Waals surface area contributed by atoms with Crippen molar-refractivity contribution < 1.29 is 39.2 Å². The fourth-order valence-corrected chi connectivity index (χ4v) is 5.01. The van der Waals surface area contributed by atoms with Gasteiger partial charge in [0.05, 0.1) is 11.5 Å². The summed E-state index contributed by atoms with van der Waals surface area (Å²) in [5.41, 5.74) is 0.244. The maximum absolute atomic E-state index is 13.4. The number of nitrogens with one attached hydrogen (secondary N) is 2. The third-order valence-corrected chi connectivity index (χ3v) is 6.66. The summed E-state index contributed by atoms with van der Waals surface area (Å²) < 4.78 is 112. The molecule has 28 heavy (non-hydrogen) atoms. The predicted octanol–water partition coefficient (Wildman–Crippen LogP) is 4.04. The quantitative estimate of drug-likeness (QED) is 0.385. The van der Waals surface area contributed by atoms with Gasteiger partial charge < -0.3 is 10.6 Å². The summed E-state index contributed by atoms with van der Waals surface area (Å²) in [6.07, 6.45) is -6.03. The van der Waals surface area contributed by atoms with Crippen molar-refractivity contribution in [2.45, 2.75) is 34.7 Å². The van der Waals surface area contributed by atoms with Gasteiger partial charge in [0.25, 0.3) is 0 Å². The van der Waals surface area contributed by atoms with E-state index in [9.17, 15) is 39.2 Å². The lowest BCUT2D eigenvalue weighted by atomic mass is 10.3. The number of halogens is 7. The highest BCUT2D eigenvalue weighted by Gasteiger charge is 2.73. The van der Waals surface area contributed by atoms with E-state index in [1.807, 2.05) is 0 Å². The molecule has 0 amide bonds. The smallest absolute Gasteiger partial charge is 0.359 e. The first-order chi connectivity index (χ1) is 12.6. The number of hydrogen-bond donors (Lipinski definition) is 2. The molecule has 1 heterocycles. The number of benzene rings is 1. The highest BCUT2D eigenvalue weighted by molar-refractivity contribution is 8.00. The van der Waals surface area contributed by atoms with Crippen LogP contribution in [0.15, 0.2) is 29.2 Å². The molecule has 1 aliphatic heterocycles. The van der Waals surface area contributed by atoms with Gasteiger partial charge in [0.15, 0.2) is 14.9 Å². The minimum Gasteiger partial charge on any atom is -0.359 e. The molecule has 0 bridgehead atoms. The second-order valence-electron chi connectivity index (χ2n) is 5.91. The maximum atomic E-state index is 13.4. The van der Waals surface area contributed by atoms with E-state index in [1.54, 1.807) is 0 Å². The van der Waals surface area contributed by atoms with Gasteiger partial charge in [-0.05, 0) is 54.7 Å². The Morgan fingerprint density at radius 1 is 1.07 bits per heavy atom. The average molecular weight is 470 g/mol. The molecule has 0 saturated carbocycles. The van der Waals surface area contributed by atoms with Crippen molar-refractivity contribution in [2.75, 3.05) is 16.8 Å². The lowest BCUT2D eigenvalue weighted by Gasteiger charge is -2.27. The largest absolute Gasteiger partial charge is 0.460 e. The zero-order chi connectivity index (χ0) is 21.4. The molecule has 0 aliphatic carbocycles. The van der Waals surface area contributed by atoms with Gasteiger partial charge in [-0.2, -0.15) is 30.7 Å². The first-order valence-corrected chi connectivity index (χ1v) is 10.6. The first-order valence-electron chi connectivity index (χ1n) is 7.52. The molecule has 1 atom stereocenters. The van der Waals surface area contributed by atoms with Crippen LogP contribution < -0.4 is 10.6 Å². The number of rotatable bonds is 5. The highest BCUT2D eigenvalue weighted by Crippen LogP contribution is 2.53. The number of thioether (sulfide) groups is 1. The molecule has 1 aromatic rings. The molecule has 2 rings (SSSR count). The van der Waals surface area contributed by atoms with Crippen molar-refractivity contribution in [1.29, 1.82) is 0 Å². The van der Waals surface area contributed by atoms with Gasteiger partial charge in [-0.15, -0.1) is 0 Å². The van der Waals surface area contributed by atoms with Gasteiger partial charge in [-0.3, -0.25) is 0 Å². The van der Waals surface area contributed by atoms with Gasteiger partial charge in [-0.1, -0.05) is 0 Å². The fraction of sp³-hybridized carbons (Fsp3) is 0.500. The predicted molar refractivity (Wildman–Crippen MR) is 94.7 cm³/mol. The van der Waals surface area contributed by atoms with Crippen molar-refractivity contribution in [3.05, 3.63) is 24.3 Å². The van der Waals surface area contributed by atoms with Crippen LogP contribution in [0.1, 0.15) is 6.42 Å². The van der Waals surface area contributed by atoms with Crippen LogP contribution in [-0.2, 0) is 9.84 Å². The van der Waals surface area contributed by atoms with Crippen LogP contribution in [0.2, 0.25) is 0 Å². The first kappa shape index (κ1) is 23.0. The summed E-state index contributed by atoms with van der Waals surface area (Å²) in [6.45, 7) is 0. The third-order valence-electron chi connectivity index (χ3n) is 3.65. The van der Waals surface area contributed by atoms with E-state index in [2.05, 4.69) is 10.6 Å². The van der Waals surface area contributed by atoms with E-state index in [4.69, 9.17) is 12.2 Å². The standard InChI is InChI=1S/C14H13F7N2O2S3/c15-12(16,13(17,18)19)14(20,21)27-10-3-1-8(2-4-10)22-11(26)23-9-5-6-28(24,25)7-9/h1-4,9H,5-7H2,(H2,22,23,26). The van der Waals surface area contributed by atoms with E-state index in [0.717, 1.165) is 24.3 Å². The van der Waals surface area contributed by atoms with Gasteiger partial charge in [-0.25, -0.2) is 8.42 Å². The molecule has 14 heteroatoms. The lowest BCUT2D eigenvalue weighted by molar-refractivity contribution is -0.330. The van der Waals surface area contributed by atoms with Crippen molar-refractivity contribution in [1.82, 2.24) is 5.32 Å². The van der Waals surface area contributed by atoms with E-state index < -0.39 is 43.8 Å². The Hall–Kier alpha value is -1.28. The van der Waals surface area contributed by atoms with Crippen LogP contribution in [0.25, 0.3) is 0 Å². The molecule has 1 unspecified atom stereocenters. The van der Waals surface area contributed by atoms with E-state index in [0.29, 0.717) is 6.42 Å². The molecule has 1 aromatic carbocycles. The molecule has 4 nitrogen and oxygen atoms in total. The summed E-state index contributed by atoms with van der Waals surface area (Å²) in [4.78, 5) is -0.514. The summed E-state index contributed by atoms with van der Waals surface area (Å²) in [5, 5.41) is 0.0599. The average Bonchev–Trinajstić information content (AvgIpc) is 2.86. The molecule has 2 N–H and O–H groups in total. The summed E-state index contributed by atoms with van der Waals surface area (Å²) in [6, 6.07) is 3.78. The van der Waals surface area contributed by atoms with E-state index in [-0.39, 0.29) is 28.3 Å². The van der Waals surface area contributed by atoms with Crippen molar-refractivity contribution in [3.8, 4) is 0 Å². The minimum atomic E-state index is -6.39. The van der Waals surface area contributed by atoms with Crippen molar-refractivity contribution in [2.24, 2.45) is 0 Å². The van der Waals surface area contributed by atoms with Crippen LogP contribution in [0.5, 0.6) is 0 Å². The van der Waals surface area contributed by atoms with E-state index in [1.165, 1.54) is 0 Å². The molecular formula is C14H13F7N2O2S3. The number of anilines is 1. The molecule has 0 aromatic heterocycles. The molecule has 1 saturated heterocycles. The van der Waals surface area contributed by atoms with Gasteiger partial charge in [0, 0.05) is 16.6 Å². The number of thiocarbonyl (C=S) groups is 1. The molecule has 0 spiro atoms. The second-order valence-corrected chi connectivity index (χ2v) is 9.74. The molecule has 1 fully saturated rings. The molecule has 0 radical (unpaired) electrons. The Labute approximate surface area is 165 Å². The molecular weight excluding hydrogens is 457 g/mol. The van der Waals surface area contributed by atoms with Crippen LogP contribution in [0.4, 0.5) is 36.4 Å². The minimum absolute atomic E-state index is 0.0238. The number of hydrogen-bond acceptors (Lipinski definition) is 4. The second kappa shape index (κ2) is 7.86. The van der Waals surface area contributed by atoms with E-state index >= 15 is 0 Å². The van der Waals surface area contributed by atoms with Gasteiger partial charge in [0.2, 0.25) is 0 Å². The topological polar surface area (TPSA) is 58.2 Å². The summed E-state index contributed by atoms with van der Waals surface area (Å²) >= 11 is 4.08. The fourth-order valence-electron chi connectivity index (χ4n) is 2.24. The third kappa shape index (κ3) is 5.41. The normalized spacial score (nSPS) is 20.0. The van der Waals surface area contributed by atoms with Crippen LogP contribution >= 0.6 is 24.0 Å². The Morgan fingerprint density at radius 2 is 1.64 bits per heavy atom. The molecule has 158 valence electrons. The Balaban J connectivity index is 1.97. The van der Waals surface area contributed by atoms with Crippen molar-refractivity contribution in [3.63, 3.8) is 0 Å².